The first-order valence-corrected chi connectivity index (χ1v) is 10.3. The standard InChI is InChI=1S/C20H29FN4OS.HI/c1-5-22-19(25-13-18-24-12-17(26-18)20(2,3)4)23-10-11-27-14-15-8-6-7-9-16(15)21;/h6-9,12H,5,10-11,13-14H2,1-4H3,(H2,22,23,25);1H. The lowest BCUT2D eigenvalue weighted by Gasteiger charge is -2.13. The Morgan fingerprint density at radius 2 is 2.00 bits per heavy atom. The summed E-state index contributed by atoms with van der Waals surface area (Å²) in [5, 5.41) is 6.49. The van der Waals surface area contributed by atoms with Crippen LogP contribution in [0.5, 0.6) is 0 Å². The highest BCUT2D eigenvalue weighted by atomic mass is 127. The minimum Gasteiger partial charge on any atom is -0.443 e. The summed E-state index contributed by atoms with van der Waals surface area (Å²) in [6, 6.07) is 6.89. The number of guanidine groups is 1. The Morgan fingerprint density at radius 1 is 1.25 bits per heavy atom. The Morgan fingerprint density at radius 3 is 2.64 bits per heavy atom. The first kappa shape index (κ1) is 24.7. The first-order chi connectivity index (χ1) is 12.9. The van der Waals surface area contributed by atoms with Crippen LogP contribution in [0.1, 0.15) is 44.9 Å². The highest BCUT2D eigenvalue weighted by molar-refractivity contribution is 14.0. The maximum absolute atomic E-state index is 13.6. The van der Waals surface area contributed by atoms with E-state index in [4.69, 9.17) is 4.42 Å². The number of nitrogens with zero attached hydrogens (tertiary/aromatic N) is 2. The Labute approximate surface area is 188 Å². The second-order valence-electron chi connectivity index (χ2n) is 7.13. The second-order valence-corrected chi connectivity index (χ2v) is 8.24. The van der Waals surface area contributed by atoms with Crippen LogP contribution in [0.4, 0.5) is 4.39 Å². The molecule has 1 aromatic heterocycles. The minimum absolute atomic E-state index is 0. The summed E-state index contributed by atoms with van der Waals surface area (Å²) < 4.78 is 19.4. The molecule has 28 heavy (non-hydrogen) atoms. The average molecular weight is 520 g/mol. The first-order valence-electron chi connectivity index (χ1n) is 9.18. The van der Waals surface area contributed by atoms with Crippen LogP contribution < -0.4 is 10.6 Å². The molecule has 0 bridgehead atoms. The molecule has 5 nitrogen and oxygen atoms in total. The molecule has 8 heteroatoms. The largest absolute Gasteiger partial charge is 0.443 e. The molecule has 0 fully saturated rings. The average Bonchev–Trinajstić information content (AvgIpc) is 3.10. The number of thioether (sulfide) groups is 1. The van der Waals surface area contributed by atoms with E-state index in [0.717, 1.165) is 36.1 Å². The topological polar surface area (TPSA) is 62.5 Å². The molecule has 156 valence electrons. The molecule has 2 rings (SSSR count). The van der Waals surface area contributed by atoms with Crippen LogP contribution in [0, 0.1) is 5.82 Å². The molecule has 0 saturated heterocycles. The van der Waals surface area contributed by atoms with Crippen molar-refractivity contribution in [3.63, 3.8) is 0 Å². The van der Waals surface area contributed by atoms with E-state index < -0.39 is 0 Å². The van der Waals surface area contributed by atoms with E-state index in [1.807, 2.05) is 19.1 Å². The normalized spacial score (nSPS) is 11.8. The van der Waals surface area contributed by atoms with Crippen molar-refractivity contribution in [2.75, 3.05) is 18.8 Å². The molecule has 0 aliphatic carbocycles. The number of nitrogens with one attached hydrogen (secondary N) is 2. The van der Waals surface area contributed by atoms with Crippen molar-refractivity contribution < 1.29 is 8.81 Å². The molecule has 2 N–H and O–H groups in total. The Bertz CT molecular complexity index is 746. The quantitative estimate of drug-likeness (QED) is 0.228. The van der Waals surface area contributed by atoms with E-state index in [2.05, 4.69) is 41.4 Å². The van der Waals surface area contributed by atoms with E-state index in [9.17, 15) is 4.39 Å². The van der Waals surface area contributed by atoms with Gasteiger partial charge >= 0.3 is 0 Å². The van der Waals surface area contributed by atoms with Gasteiger partial charge < -0.3 is 15.1 Å². The van der Waals surface area contributed by atoms with Crippen molar-refractivity contribution in [3.05, 3.63) is 53.5 Å². The number of hydrogen-bond donors (Lipinski definition) is 2. The third kappa shape index (κ3) is 8.38. The Balaban J connectivity index is 0.00000392. The molecular weight excluding hydrogens is 490 g/mol. The van der Waals surface area contributed by atoms with E-state index >= 15 is 0 Å². The van der Waals surface area contributed by atoms with Crippen LogP contribution >= 0.6 is 35.7 Å². The van der Waals surface area contributed by atoms with Crippen molar-refractivity contribution in [1.82, 2.24) is 15.6 Å². The minimum atomic E-state index is -0.145. The molecule has 0 spiro atoms. The number of oxazole rings is 1. The molecular formula is C20H30FIN4OS. The van der Waals surface area contributed by atoms with Crippen LogP contribution in [0.15, 0.2) is 39.9 Å². The van der Waals surface area contributed by atoms with E-state index in [1.54, 1.807) is 24.0 Å². The number of aromatic nitrogens is 1. The van der Waals surface area contributed by atoms with Crippen LogP contribution in [0.3, 0.4) is 0 Å². The monoisotopic (exact) mass is 520 g/mol. The van der Waals surface area contributed by atoms with Gasteiger partial charge in [0.1, 0.15) is 18.1 Å². The van der Waals surface area contributed by atoms with Gasteiger partial charge in [-0.05, 0) is 18.6 Å². The molecule has 1 aromatic carbocycles. The molecule has 0 atom stereocenters. The molecule has 0 radical (unpaired) electrons. The molecule has 2 aromatic rings. The van der Waals surface area contributed by atoms with E-state index in [-0.39, 0.29) is 35.2 Å². The number of rotatable bonds is 8. The number of hydrogen-bond acceptors (Lipinski definition) is 4. The third-order valence-corrected chi connectivity index (χ3v) is 4.77. The summed E-state index contributed by atoms with van der Waals surface area (Å²) >= 11 is 1.68. The lowest BCUT2D eigenvalue weighted by Crippen LogP contribution is -2.38. The predicted octanol–water partition coefficient (Wildman–Crippen LogP) is 4.72. The molecule has 1 heterocycles. The van der Waals surface area contributed by atoms with E-state index in [0.29, 0.717) is 18.2 Å². The molecule has 0 aliphatic heterocycles. The Hall–Kier alpha value is -1.29. The fraction of sp³-hybridized carbons (Fsp3) is 0.500. The summed E-state index contributed by atoms with van der Waals surface area (Å²) in [7, 11) is 0. The van der Waals surface area contributed by atoms with Gasteiger partial charge in [0.05, 0.1) is 6.20 Å². The summed E-state index contributed by atoms with van der Waals surface area (Å²) in [6.07, 6.45) is 1.77. The number of halogens is 2. The van der Waals surface area contributed by atoms with Gasteiger partial charge in [-0.2, -0.15) is 11.8 Å². The van der Waals surface area contributed by atoms with Crippen LogP contribution in [-0.2, 0) is 17.7 Å². The molecule has 0 unspecified atom stereocenters. The van der Waals surface area contributed by atoms with Gasteiger partial charge in [0.2, 0.25) is 5.89 Å². The van der Waals surface area contributed by atoms with Crippen molar-refractivity contribution in [3.8, 4) is 0 Å². The SMILES string of the molecule is CCNC(=NCc1ncc(C(C)(C)C)o1)NCCSCc1ccccc1F.I. The smallest absolute Gasteiger partial charge is 0.216 e. The van der Waals surface area contributed by atoms with Crippen molar-refractivity contribution in [2.24, 2.45) is 4.99 Å². The second kappa shape index (κ2) is 12.3. The van der Waals surface area contributed by atoms with Crippen LogP contribution in [0.2, 0.25) is 0 Å². The zero-order valence-electron chi connectivity index (χ0n) is 16.9. The maximum atomic E-state index is 13.6. The summed E-state index contributed by atoms with van der Waals surface area (Å²) in [4.78, 5) is 8.82. The fourth-order valence-electron chi connectivity index (χ4n) is 2.26. The van der Waals surface area contributed by atoms with E-state index in [1.165, 1.54) is 6.07 Å². The summed E-state index contributed by atoms with van der Waals surface area (Å²) in [6.45, 7) is 10.2. The molecule has 0 saturated carbocycles. The van der Waals surface area contributed by atoms with Gasteiger partial charge in [-0.15, -0.1) is 24.0 Å². The van der Waals surface area contributed by atoms with Gasteiger partial charge in [0.25, 0.3) is 0 Å². The Kier molecular flexibility index (Phi) is 10.9. The van der Waals surface area contributed by atoms with Gasteiger partial charge in [-0.3, -0.25) is 0 Å². The molecule has 0 amide bonds. The van der Waals surface area contributed by atoms with Crippen LogP contribution in [-0.4, -0.2) is 29.8 Å². The highest BCUT2D eigenvalue weighted by Crippen LogP contribution is 2.22. The third-order valence-electron chi connectivity index (χ3n) is 3.76. The highest BCUT2D eigenvalue weighted by Gasteiger charge is 2.19. The molecule has 0 aliphatic rings. The van der Waals surface area contributed by atoms with Crippen LogP contribution in [0.25, 0.3) is 0 Å². The number of benzene rings is 1. The van der Waals surface area contributed by atoms with Gasteiger partial charge in [0.15, 0.2) is 5.96 Å². The van der Waals surface area contributed by atoms with Gasteiger partial charge in [-0.25, -0.2) is 14.4 Å². The van der Waals surface area contributed by atoms with Crippen molar-refractivity contribution >= 4 is 41.7 Å². The van der Waals surface area contributed by atoms with Gasteiger partial charge in [0, 0.05) is 30.0 Å². The van der Waals surface area contributed by atoms with Crippen molar-refractivity contribution in [2.45, 2.75) is 45.4 Å². The fourth-order valence-corrected chi connectivity index (χ4v) is 3.10. The number of aliphatic imine (C=N–C) groups is 1. The zero-order chi connectivity index (χ0) is 19.7. The lowest BCUT2D eigenvalue weighted by molar-refractivity contribution is 0.383. The van der Waals surface area contributed by atoms with Gasteiger partial charge in [-0.1, -0.05) is 39.0 Å². The zero-order valence-corrected chi connectivity index (χ0v) is 20.1. The summed E-state index contributed by atoms with van der Waals surface area (Å²) in [5.41, 5.74) is 0.675. The van der Waals surface area contributed by atoms with Crippen molar-refractivity contribution in [1.29, 1.82) is 0 Å². The summed E-state index contributed by atoms with van der Waals surface area (Å²) in [5.74, 6) is 3.55. The maximum Gasteiger partial charge on any atom is 0.216 e. The predicted molar refractivity (Wildman–Crippen MR) is 126 cm³/mol. The lowest BCUT2D eigenvalue weighted by atomic mass is 9.94.